The second kappa shape index (κ2) is 8.28. The van der Waals surface area contributed by atoms with Crippen molar-refractivity contribution in [3.05, 3.63) is 73.4 Å². The Morgan fingerprint density at radius 2 is 1.90 bits per heavy atom. The van der Waals surface area contributed by atoms with Crippen LogP contribution >= 0.6 is 11.6 Å². The summed E-state index contributed by atoms with van der Waals surface area (Å²) in [6, 6.07) is 11.5. The highest BCUT2D eigenvalue weighted by Gasteiger charge is 2.19. The molecule has 0 fully saturated rings. The lowest BCUT2D eigenvalue weighted by Gasteiger charge is -2.18. The maximum atomic E-state index is 12.3. The van der Waals surface area contributed by atoms with Crippen molar-refractivity contribution in [1.82, 2.24) is 19.5 Å². The number of H-pyrrole nitrogens is 1. The van der Waals surface area contributed by atoms with Crippen LogP contribution in [-0.4, -0.2) is 26.1 Å². The van der Waals surface area contributed by atoms with Crippen molar-refractivity contribution in [2.45, 2.75) is 33.2 Å². The second-order valence-electron chi connectivity index (χ2n) is 7.11. The van der Waals surface area contributed by atoms with Crippen LogP contribution < -0.4 is 16.0 Å². The van der Waals surface area contributed by atoms with E-state index in [1.807, 2.05) is 48.7 Å². The van der Waals surface area contributed by atoms with Crippen LogP contribution in [0.1, 0.15) is 24.5 Å². The van der Waals surface area contributed by atoms with Crippen molar-refractivity contribution >= 4 is 22.6 Å². The van der Waals surface area contributed by atoms with Crippen LogP contribution in [0, 0.1) is 6.92 Å². The Morgan fingerprint density at radius 3 is 2.63 bits per heavy atom. The number of halogens is 1. The topological polar surface area (TPSA) is 89.9 Å². The van der Waals surface area contributed by atoms with Crippen LogP contribution in [0.5, 0.6) is 5.75 Å². The van der Waals surface area contributed by atoms with Gasteiger partial charge in [-0.3, -0.25) is 9.78 Å². The number of ether oxygens (including phenoxy) is 1. The number of hydrogen-bond acceptors (Lipinski definition) is 5. The van der Waals surface area contributed by atoms with E-state index in [0.717, 1.165) is 23.3 Å². The number of benzene rings is 2. The van der Waals surface area contributed by atoms with Gasteiger partial charge in [0.1, 0.15) is 5.75 Å². The van der Waals surface area contributed by atoms with Gasteiger partial charge >= 0.3 is 5.69 Å². The Kier molecular flexibility index (Phi) is 5.55. The zero-order valence-corrected chi connectivity index (χ0v) is 17.5. The van der Waals surface area contributed by atoms with E-state index in [9.17, 15) is 9.59 Å². The predicted octanol–water partition coefficient (Wildman–Crippen LogP) is 3.58. The fraction of sp³-hybridized carbons (Fsp3) is 0.273. The molecule has 0 saturated carbocycles. The first-order valence-electron chi connectivity index (χ1n) is 9.78. The third-order valence-electron chi connectivity index (χ3n) is 4.97. The van der Waals surface area contributed by atoms with Crippen LogP contribution in [0.15, 0.2) is 46.0 Å². The molecule has 2 aromatic carbocycles. The van der Waals surface area contributed by atoms with Gasteiger partial charge in [0, 0.05) is 11.6 Å². The molecule has 1 N–H and O–H groups in total. The maximum absolute atomic E-state index is 12.3. The van der Waals surface area contributed by atoms with Gasteiger partial charge in [-0.15, -0.1) is 0 Å². The van der Waals surface area contributed by atoms with Crippen molar-refractivity contribution < 1.29 is 4.74 Å². The Bertz CT molecular complexity index is 1290. The Hall–Kier alpha value is -3.19. The molecule has 2 aliphatic heterocycles. The lowest BCUT2D eigenvalue weighted by molar-refractivity contribution is 0.302. The van der Waals surface area contributed by atoms with Crippen LogP contribution in [0.2, 0.25) is 5.02 Å². The molecule has 0 spiro atoms. The first-order chi connectivity index (χ1) is 14.5. The molecule has 2 aromatic rings. The minimum Gasteiger partial charge on any atom is -0.494 e. The molecule has 4 rings (SSSR count). The summed E-state index contributed by atoms with van der Waals surface area (Å²) in [5.74, 6) is 1.06. The quantitative estimate of drug-likeness (QED) is 0.377. The van der Waals surface area contributed by atoms with E-state index in [1.165, 1.54) is 5.56 Å². The molecule has 0 amide bonds. The fourth-order valence-corrected chi connectivity index (χ4v) is 3.69. The molecular formula is C22H21ClN4O3. The molecule has 30 heavy (non-hydrogen) atoms. The van der Waals surface area contributed by atoms with Gasteiger partial charge in [-0.1, -0.05) is 36.2 Å². The average Bonchev–Trinajstić information content (AvgIpc) is 2.72. The molecule has 0 bridgehead atoms. The molecular weight excluding hydrogens is 404 g/mol. The van der Waals surface area contributed by atoms with E-state index >= 15 is 0 Å². The number of nitrogens with zero attached hydrogens (tertiary/aromatic N) is 3. The van der Waals surface area contributed by atoms with Crippen molar-refractivity contribution in [2.75, 3.05) is 6.61 Å². The van der Waals surface area contributed by atoms with Crippen molar-refractivity contribution in [1.29, 1.82) is 0 Å². The van der Waals surface area contributed by atoms with Crippen molar-refractivity contribution in [2.24, 2.45) is 0 Å². The zero-order valence-electron chi connectivity index (χ0n) is 16.7. The number of aryl methyl sites for hydroxylation is 3. The van der Waals surface area contributed by atoms with Crippen LogP contribution in [0.3, 0.4) is 0 Å². The standard InChI is InChI=1S/C22H21ClN4O3/c1-3-14-11-18-17(12-16(14)23)24-19-20(25-22(29)26-21(19)28)27(18)9-4-10-30-15-7-5-13(2)6-8-15/h5-8,11-12H,3-4,9-10H2,1-2H3,(H,26,28,29). The number of nitrogens with one attached hydrogen (secondary N) is 1. The van der Waals surface area contributed by atoms with Crippen LogP contribution in [0.4, 0.5) is 0 Å². The highest BCUT2D eigenvalue weighted by Crippen LogP contribution is 2.27. The minimum absolute atomic E-state index is 0.113. The smallest absolute Gasteiger partial charge is 0.349 e. The Morgan fingerprint density at radius 1 is 1.13 bits per heavy atom. The van der Waals surface area contributed by atoms with Crippen molar-refractivity contribution in [3.8, 4) is 17.3 Å². The highest BCUT2D eigenvalue weighted by atomic mass is 35.5. The summed E-state index contributed by atoms with van der Waals surface area (Å²) >= 11 is 6.36. The molecule has 0 saturated heterocycles. The maximum Gasteiger partial charge on any atom is 0.349 e. The zero-order chi connectivity index (χ0) is 21.3. The van der Waals surface area contributed by atoms with Gasteiger partial charge in [-0.05, 0) is 49.6 Å². The van der Waals surface area contributed by atoms with Gasteiger partial charge in [-0.2, -0.15) is 4.98 Å². The monoisotopic (exact) mass is 424 g/mol. The molecule has 0 aliphatic carbocycles. The fourth-order valence-electron chi connectivity index (χ4n) is 3.40. The van der Waals surface area contributed by atoms with E-state index in [0.29, 0.717) is 30.1 Å². The summed E-state index contributed by atoms with van der Waals surface area (Å²) in [5.41, 5.74) is 2.34. The number of fused-ring (bicyclic) bond motifs is 2. The first kappa shape index (κ1) is 20.1. The summed E-state index contributed by atoms with van der Waals surface area (Å²) in [6.07, 6.45) is 1.40. The average molecular weight is 425 g/mol. The van der Waals surface area contributed by atoms with E-state index in [-0.39, 0.29) is 11.5 Å². The van der Waals surface area contributed by atoms with Gasteiger partial charge in [0.25, 0.3) is 5.56 Å². The number of aromatic nitrogens is 4. The van der Waals surface area contributed by atoms with E-state index in [4.69, 9.17) is 16.3 Å². The van der Waals surface area contributed by atoms with E-state index in [2.05, 4.69) is 15.0 Å². The van der Waals surface area contributed by atoms with E-state index in [1.54, 1.807) is 6.07 Å². The number of hydrogen-bond donors (Lipinski definition) is 1. The first-order valence-corrected chi connectivity index (χ1v) is 10.2. The van der Waals surface area contributed by atoms with Gasteiger partial charge in [0.15, 0.2) is 11.5 Å². The van der Waals surface area contributed by atoms with Gasteiger partial charge in [0.2, 0.25) is 0 Å². The van der Waals surface area contributed by atoms with Crippen LogP contribution in [0.25, 0.3) is 22.6 Å². The third-order valence-corrected chi connectivity index (χ3v) is 5.33. The lowest BCUT2D eigenvalue weighted by Crippen LogP contribution is -2.29. The second-order valence-corrected chi connectivity index (χ2v) is 7.51. The van der Waals surface area contributed by atoms with Gasteiger partial charge in [0.05, 0.1) is 17.6 Å². The van der Waals surface area contributed by atoms with Gasteiger partial charge < -0.3 is 9.30 Å². The third kappa shape index (κ3) is 3.93. The van der Waals surface area contributed by atoms with E-state index < -0.39 is 11.2 Å². The normalized spacial score (nSPS) is 11.3. The SMILES string of the molecule is CCc1cc2c(cc1Cl)nc1c(=O)[nH]c(=O)nc-1n2CCCOc1ccc(C)cc1. The van der Waals surface area contributed by atoms with Crippen molar-refractivity contribution in [3.63, 3.8) is 0 Å². The summed E-state index contributed by atoms with van der Waals surface area (Å²) in [5, 5.41) is 0.593. The molecule has 7 nitrogen and oxygen atoms in total. The lowest BCUT2D eigenvalue weighted by atomic mass is 10.1. The predicted molar refractivity (Wildman–Crippen MR) is 117 cm³/mol. The highest BCUT2D eigenvalue weighted by molar-refractivity contribution is 6.32. The number of aromatic amines is 1. The molecule has 0 unspecified atom stereocenters. The summed E-state index contributed by atoms with van der Waals surface area (Å²) < 4.78 is 7.67. The Balaban J connectivity index is 1.72. The molecule has 8 heteroatoms. The largest absolute Gasteiger partial charge is 0.494 e. The molecule has 0 radical (unpaired) electrons. The summed E-state index contributed by atoms with van der Waals surface area (Å²) in [7, 11) is 0. The molecule has 154 valence electrons. The molecule has 0 atom stereocenters. The number of rotatable bonds is 6. The van der Waals surface area contributed by atoms with Gasteiger partial charge in [-0.25, -0.2) is 9.78 Å². The molecule has 0 aromatic heterocycles. The minimum atomic E-state index is -0.692. The molecule has 2 aliphatic rings. The van der Waals surface area contributed by atoms with Crippen LogP contribution in [-0.2, 0) is 13.0 Å². The Labute approximate surface area is 177 Å². The molecule has 2 heterocycles. The summed E-state index contributed by atoms with van der Waals surface area (Å²) in [4.78, 5) is 34.8. The summed E-state index contributed by atoms with van der Waals surface area (Å²) in [6.45, 7) is 5.01.